The van der Waals surface area contributed by atoms with E-state index in [2.05, 4.69) is 10.4 Å². The molecule has 0 saturated heterocycles. The van der Waals surface area contributed by atoms with Gasteiger partial charge in [0.2, 0.25) is 5.69 Å². The fraction of sp³-hybridized carbons (Fsp3) is 0.583. The Bertz CT molecular complexity index is 617. The van der Waals surface area contributed by atoms with Crippen LogP contribution in [0.1, 0.15) is 41.9 Å². The zero-order valence-corrected chi connectivity index (χ0v) is 11.8. The predicted octanol–water partition coefficient (Wildman–Crippen LogP) is 0.764. The Morgan fingerprint density at radius 3 is 2.57 bits per heavy atom. The molecule has 1 aromatic rings. The Hall–Kier alpha value is -2.45. The van der Waals surface area contributed by atoms with E-state index in [1.807, 2.05) is 0 Å². The smallest absolute Gasteiger partial charge is 0.322 e. The average Bonchev–Trinajstić information content (AvgIpc) is 2.60. The van der Waals surface area contributed by atoms with Crippen molar-refractivity contribution in [2.75, 3.05) is 0 Å². The first-order valence-corrected chi connectivity index (χ1v) is 6.48. The molecule has 1 aliphatic rings. The van der Waals surface area contributed by atoms with Gasteiger partial charge in [0.15, 0.2) is 0 Å². The summed E-state index contributed by atoms with van der Waals surface area (Å²) in [5.74, 6) is -1.67. The summed E-state index contributed by atoms with van der Waals surface area (Å²) in [5, 5.41) is 26.5. The van der Waals surface area contributed by atoms with E-state index in [4.69, 9.17) is 5.11 Å². The van der Waals surface area contributed by atoms with Gasteiger partial charge in [-0.1, -0.05) is 0 Å². The molecular weight excluding hydrogens is 280 g/mol. The quantitative estimate of drug-likeness (QED) is 0.610. The number of amides is 1. The lowest BCUT2D eigenvalue weighted by Gasteiger charge is -2.41. The Labute approximate surface area is 120 Å². The van der Waals surface area contributed by atoms with Gasteiger partial charge in [0.05, 0.1) is 16.9 Å². The molecule has 0 atom stereocenters. The number of hydrogen-bond acceptors (Lipinski definition) is 5. The zero-order chi connectivity index (χ0) is 15.8. The number of aliphatic carboxylic acids is 1. The number of hydrogen-bond donors (Lipinski definition) is 2. The summed E-state index contributed by atoms with van der Waals surface area (Å²) in [6.45, 7) is 1.45. The van der Waals surface area contributed by atoms with Crippen LogP contribution in [0.5, 0.6) is 0 Å². The number of nitro groups is 1. The first-order valence-electron chi connectivity index (χ1n) is 6.48. The number of carbonyl (C=O) groups excluding carboxylic acids is 1. The summed E-state index contributed by atoms with van der Waals surface area (Å²) in [6, 6.07) is 0. The second-order valence-corrected chi connectivity index (χ2v) is 5.32. The Balaban J connectivity index is 2.29. The molecular formula is C12H16N4O5. The number of carboxylic acid groups (broad SMARTS) is 1. The summed E-state index contributed by atoms with van der Waals surface area (Å²) in [6.07, 6.45) is 1.73. The van der Waals surface area contributed by atoms with Gasteiger partial charge in [0.1, 0.15) is 5.69 Å². The van der Waals surface area contributed by atoms with Crippen molar-refractivity contribution in [3.63, 3.8) is 0 Å². The van der Waals surface area contributed by atoms with Crippen LogP contribution in [0.4, 0.5) is 5.69 Å². The fourth-order valence-corrected chi connectivity index (χ4v) is 2.66. The van der Waals surface area contributed by atoms with Crippen molar-refractivity contribution in [1.82, 2.24) is 15.1 Å². The van der Waals surface area contributed by atoms with Crippen LogP contribution in [0.2, 0.25) is 0 Å². The molecule has 1 fully saturated rings. The van der Waals surface area contributed by atoms with Gasteiger partial charge >= 0.3 is 11.7 Å². The summed E-state index contributed by atoms with van der Waals surface area (Å²) < 4.78 is 1.15. The van der Waals surface area contributed by atoms with Crippen molar-refractivity contribution in [1.29, 1.82) is 0 Å². The van der Waals surface area contributed by atoms with Gasteiger partial charge in [-0.2, -0.15) is 5.10 Å². The highest BCUT2D eigenvalue weighted by Crippen LogP contribution is 2.35. The van der Waals surface area contributed by atoms with Crippen molar-refractivity contribution in [2.45, 2.75) is 38.1 Å². The van der Waals surface area contributed by atoms with Crippen LogP contribution in [-0.4, -0.2) is 37.2 Å². The molecule has 1 saturated carbocycles. The van der Waals surface area contributed by atoms with E-state index in [9.17, 15) is 19.7 Å². The van der Waals surface area contributed by atoms with Crippen LogP contribution in [0.25, 0.3) is 0 Å². The largest absolute Gasteiger partial charge is 0.481 e. The molecule has 21 heavy (non-hydrogen) atoms. The topological polar surface area (TPSA) is 127 Å². The molecule has 0 bridgehead atoms. The van der Waals surface area contributed by atoms with E-state index in [1.54, 1.807) is 0 Å². The molecule has 1 amide bonds. The first kappa shape index (κ1) is 14.9. The third-order valence-electron chi connectivity index (χ3n) is 3.77. The lowest BCUT2D eigenvalue weighted by Crippen LogP contribution is -2.55. The zero-order valence-electron chi connectivity index (χ0n) is 11.8. The van der Waals surface area contributed by atoms with E-state index in [0.29, 0.717) is 12.8 Å². The van der Waals surface area contributed by atoms with E-state index in [0.717, 1.165) is 11.1 Å². The van der Waals surface area contributed by atoms with Gasteiger partial charge in [-0.3, -0.25) is 24.4 Å². The lowest BCUT2D eigenvalue weighted by molar-refractivity contribution is -0.385. The number of nitrogens with one attached hydrogen (secondary N) is 1. The second-order valence-electron chi connectivity index (χ2n) is 5.32. The molecule has 9 heteroatoms. The number of carbonyl (C=O) groups is 2. The number of rotatable bonds is 5. The van der Waals surface area contributed by atoms with Crippen molar-refractivity contribution in [3.05, 3.63) is 21.5 Å². The van der Waals surface area contributed by atoms with Gasteiger partial charge in [-0.25, -0.2) is 0 Å². The minimum absolute atomic E-state index is 0.147. The summed E-state index contributed by atoms with van der Waals surface area (Å²) in [7, 11) is 1.44. The molecule has 0 spiro atoms. The summed E-state index contributed by atoms with van der Waals surface area (Å²) >= 11 is 0. The van der Waals surface area contributed by atoms with Crippen molar-refractivity contribution in [3.8, 4) is 0 Å². The number of aryl methyl sites for hydroxylation is 2. The Morgan fingerprint density at radius 1 is 1.52 bits per heavy atom. The summed E-state index contributed by atoms with van der Waals surface area (Å²) in [4.78, 5) is 33.6. The fourth-order valence-electron chi connectivity index (χ4n) is 2.66. The predicted molar refractivity (Wildman–Crippen MR) is 70.9 cm³/mol. The van der Waals surface area contributed by atoms with Gasteiger partial charge in [0, 0.05) is 7.05 Å². The highest BCUT2D eigenvalue weighted by molar-refractivity contribution is 5.97. The number of carboxylic acids is 1. The lowest BCUT2D eigenvalue weighted by atomic mass is 9.74. The second kappa shape index (κ2) is 5.15. The minimum Gasteiger partial charge on any atom is -0.481 e. The van der Waals surface area contributed by atoms with E-state index in [-0.39, 0.29) is 23.5 Å². The molecule has 2 rings (SSSR count). The Morgan fingerprint density at radius 2 is 2.14 bits per heavy atom. The van der Waals surface area contributed by atoms with E-state index >= 15 is 0 Å². The molecule has 1 heterocycles. The van der Waals surface area contributed by atoms with Gasteiger partial charge in [-0.15, -0.1) is 0 Å². The van der Waals surface area contributed by atoms with Crippen LogP contribution in [0, 0.1) is 17.0 Å². The number of aromatic nitrogens is 2. The maximum Gasteiger partial charge on any atom is 0.322 e. The SMILES string of the molecule is Cc1nn(C)c(C(=O)NC2(CC(=O)O)CCC2)c1[N+](=O)[O-]. The molecule has 2 N–H and O–H groups in total. The van der Waals surface area contributed by atoms with Crippen molar-refractivity contribution in [2.24, 2.45) is 7.05 Å². The average molecular weight is 296 g/mol. The van der Waals surface area contributed by atoms with E-state index in [1.165, 1.54) is 14.0 Å². The van der Waals surface area contributed by atoms with Gasteiger partial charge < -0.3 is 10.4 Å². The monoisotopic (exact) mass is 296 g/mol. The van der Waals surface area contributed by atoms with Crippen molar-refractivity contribution < 1.29 is 19.6 Å². The van der Waals surface area contributed by atoms with Gasteiger partial charge in [-0.05, 0) is 26.2 Å². The Kier molecular flexibility index (Phi) is 3.67. The highest BCUT2D eigenvalue weighted by Gasteiger charge is 2.42. The van der Waals surface area contributed by atoms with E-state index < -0.39 is 22.3 Å². The molecule has 0 unspecified atom stereocenters. The molecule has 0 aromatic carbocycles. The molecule has 1 aliphatic carbocycles. The maximum atomic E-state index is 12.3. The normalized spacial score (nSPS) is 16.1. The van der Waals surface area contributed by atoms with Crippen LogP contribution in [0.3, 0.4) is 0 Å². The molecule has 0 radical (unpaired) electrons. The summed E-state index contributed by atoms with van der Waals surface area (Å²) in [5.41, 5.74) is -1.17. The highest BCUT2D eigenvalue weighted by atomic mass is 16.6. The molecule has 1 aromatic heterocycles. The van der Waals surface area contributed by atoms with Crippen molar-refractivity contribution >= 4 is 17.6 Å². The third-order valence-corrected chi connectivity index (χ3v) is 3.77. The maximum absolute atomic E-state index is 12.3. The van der Waals surface area contributed by atoms with Crippen LogP contribution in [-0.2, 0) is 11.8 Å². The minimum atomic E-state index is -1.01. The number of nitrogens with zero attached hydrogens (tertiary/aromatic N) is 3. The van der Waals surface area contributed by atoms with Crippen LogP contribution >= 0.6 is 0 Å². The molecule has 0 aliphatic heterocycles. The molecule has 9 nitrogen and oxygen atoms in total. The third kappa shape index (κ3) is 2.71. The molecule has 114 valence electrons. The van der Waals surface area contributed by atoms with Gasteiger partial charge in [0.25, 0.3) is 5.91 Å². The van der Waals surface area contributed by atoms with Crippen LogP contribution < -0.4 is 5.32 Å². The first-order chi connectivity index (χ1) is 9.76. The standard InChI is InChI=1S/C12H16N4O5/c1-7-9(16(20)21)10(15(2)14-7)11(19)13-12(4-3-5-12)6-8(17)18/h3-6H2,1-2H3,(H,13,19)(H,17,18). The van der Waals surface area contributed by atoms with Crippen LogP contribution in [0.15, 0.2) is 0 Å².